The third-order valence-corrected chi connectivity index (χ3v) is 3.52. The van der Waals surface area contributed by atoms with E-state index in [-0.39, 0.29) is 0 Å². The number of nitrogens with two attached hydrogens (primary N) is 1. The molecule has 0 unspecified atom stereocenters. The normalized spacial score (nSPS) is 10.4. The Hall–Kier alpha value is -1.75. The predicted molar refractivity (Wildman–Crippen MR) is 87.8 cm³/mol. The number of esters is 1. The average Bonchev–Trinajstić information content (AvgIpc) is 2.54. The number of halogens is 2. The summed E-state index contributed by atoms with van der Waals surface area (Å²) in [6.07, 6.45) is 0. The largest absolute Gasteiger partial charge is 0.492 e. The quantitative estimate of drug-likeness (QED) is 0.842. The van der Waals surface area contributed by atoms with Gasteiger partial charge in [-0.25, -0.2) is 4.79 Å². The third kappa shape index (κ3) is 3.91. The van der Waals surface area contributed by atoms with E-state index < -0.39 is 5.97 Å². The molecule has 0 bridgehead atoms. The molecule has 2 N–H and O–H groups in total. The maximum atomic E-state index is 11.8. The monoisotopic (exact) mass is 339 g/mol. The predicted octanol–water partition coefficient (Wildman–Crippen LogP) is 3.78. The molecular formula is C16H15Cl2NO3. The summed E-state index contributed by atoms with van der Waals surface area (Å²) >= 11 is 12.2. The minimum absolute atomic E-state index is 0.341. The second-order valence-corrected chi connectivity index (χ2v) is 5.34. The first-order valence-corrected chi connectivity index (χ1v) is 7.32. The van der Waals surface area contributed by atoms with Crippen molar-refractivity contribution in [3.05, 3.63) is 52.0 Å². The number of benzene rings is 2. The van der Waals surface area contributed by atoms with Crippen molar-refractivity contribution < 1.29 is 14.3 Å². The summed E-state index contributed by atoms with van der Waals surface area (Å²) in [6, 6.07) is 10.2. The molecular weight excluding hydrogens is 325 g/mol. The van der Waals surface area contributed by atoms with Crippen LogP contribution < -0.4 is 10.5 Å². The molecule has 0 saturated heterocycles. The van der Waals surface area contributed by atoms with Gasteiger partial charge in [-0.05, 0) is 42.0 Å². The number of carbonyl (C=O) groups is 1. The first-order valence-electron chi connectivity index (χ1n) is 6.57. The molecule has 0 radical (unpaired) electrons. The summed E-state index contributed by atoms with van der Waals surface area (Å²) in [7, 11) is 1.32. The van der Waals surface area contributed by atoms with Gasteiger partial charge in [0, 0.05) is 22.2 Å². The smallest absolute Gasteiger partial charge is 0.338 e. The van der Waals surface area contributed by atoms with Crippen LogP contribution in [0.4, 0.5) is 0 Å². The molecule has 4 nitrogen and oxygen atoms in total. The summed E-state index contributed by atoms with van der Waals surface area (Å²) in [5, 5.41) is 1.07. The van der Waals surface area contributed by atoms with Gasteiger partial charge in [0.15, 0.2) is 0 Å². The van der Waals surface area contributed by atoms with E-state index in [2.05, 4.69) is 0 Å². The summed E-state index contributed by atoms with van der Waals surface area (Å²) in [6.45, 7) is 0.711. The van der Waals surface area contributed by atoms with Crippen molar-refractivity contribution in [2.24, 2.45) is 5.73 Å². The van der Waals surface area contributed by atoms with Crippen LogP contribution in [0.25, 0.3) is 11.1 Å². The molecule has 0 atom stereocenters. The van der Waals surface area contributed by atoms with Crippen molar-refractivity contribution >= 4 is 29.2 Å². The van der Waals surface area contributed by atoms with Crippen LogP contribution in [-0.4, -0.2) is 26.2 Å². The summed E-state index contributed by atoms with van der Waals surface area (Å²) < 4.78 is 10.3. The Morgan fingerprint density at radius 2 is 1.95 bits per heavy atom. The Morgan fingerprint density at radius 1 is 1.18 bits per heavy atom. The van der Waals surface area contributed by atoms with Crippen molar-refractivity contribution in [3.8, 4) is 16.9 Å². The topological polar surface area (TPSA) is 61.5 Å². The fraction of sp³-hybridized carbons (Fsp3) is 0.188. The van der Waals surface area contributed by atoms with Gasteiger partial charge in [-0.15, -0.1) is 0 Å². The first kappa shape index (κ1) is 16.6. The highest BCUT2D eigenvalue weighted by molar-refractivity contribution is 6.35. The van der Waals surface area contributed by atoms with Gasteiger partial charge in [-0.2, -0.15) is 0 Å². The van der Waals surface area contributed by atoms with Crippen molar-refractivity contribution in [1.82, 2.24) is 0 Å². The molecule has 0 aliphatic heterocycles. The zero-order chi connectivity index (χ0) is 16.1. The van der Waals surface area contributed by atoms with Gasteiger partial charge >= 0.3 is 5.97 Å². The molecule has 0 spiro atoms. The van der Waals surface area contributed by atoms with Crippen LogP contribution in [0, 0.1) is 0 Å². The summed E-state index contributed by atoms with van der Waals surface area (Å²) in [5.41, 5.74) is 7.22. The molecule has 0 aliphatic carbocycles. The Balaban J connectivity index is 2.53. The molecule has 0 heterocycles. The standard InChI is InChI=1S/C16H15Cl2NO3/c1-21-16(20)11-6-10(7-13(8-11)22-5-4-19)14-9-12(17)2-3-15(14)18/h2-3,6-9H,4-5,19H2,1H3. The number of carbonyl (C=O) groups excluding carboxylic acids is 1. The van der Waals surface area contributed by atoms with Gasteiger partial charge in [0.2, 0.25) is 0 Å². The van der Waals surface area contributed by atoms with Crippen molar-refractivity contribution in [2.45, 2.75) is 0 Å². The van der Waals surface area contributed by atoms with Crippen LogP contribution in [0.2, 0.25) is 10.0 Å². The minimum atomic E-state index is -0.461. The van der Waals surface area contributed by atoms with E-state index in [0.29, 0.717) is 45.6 Å². The zero-order valence-corrected chi connectivity index (χ0v) is 13.4. The maximum absolute atomic E-state index is 11.8. The number of hydrogen-bond acceptors (Lipinski definition) is 4. The van der Waals surface area contributed by atoms with E-state index in [4.69, 9.17) is 38.4 Å². The molecule has 2 rings (SSSR count). The van der Waals surface area contributed by atoms with Crippen LogP contribution >= 0.6 is 23.2 Å². The average molecular weight is 340 g/mol. The maximum Gasteiger partial charge on any atom is 0.338 e. The Labute approximate surface area is 138 Å². The van der Waals surface area contributed by atoms with Crippen molar-refractivity contribution in [3.63, 3.8) is 0 Å². The lowest BCUT2D eigenvalue weighted by molar-refractivity contribution is 0.0600. The number of methoxy groups -OCH3 is 1. The lowest BCUT2D eigenvalue weighted by atomic mass is 10.0. The van der Waals surface area contributed by atoms with Gasteiger partial charge in [0.25, 0.3) is 0 Å². The molecule has 0 saturated carbocycles. The molecule has 2 aromatic rings. The third-order valence-electron chi connectivity index (χ3n) is 2.95. The molecule has 0 fully saturated rings. The highest BCUT2D eigenvalue weighted by atomic mass is 35.5. The van der Waals surface area contributed by atoms with Crippen LogP contribution in [-0.2, 0) is 4.74 Å². The van der Waals surface area contributed by atoms with Crippen LogP contribution in [0.1, 0.15) is 10.4 Å². The highest BCUT2D eigenvalue weighted by Gasteiger charge is 2.13. The van der Waals surface area contributed by atoms with E-state index >= 15 is 0 Å². The fourth-order valence-corrected chi connectivity index (χ4v) is 2.37. The van der Waals surface area contributed by atoms with E-state index in [1.54, 1.807) is 36.4 Å². The van der Waals surface area contributed by atoms with Crippen molar-refractivity contribution in [2.75, 3.05) is 20.3 Å². The van der Waals surface area contributed by atoms with Gasteiger partial charge in [0.1, 0.15) is 12.4 Å². The molecule has 22 heavy (non-hydrogen) atoms. The molecule has 0 aromatic heterocycles. The van der Waals surface area contributed by atoms with E-state index in [0.717, 1.165) is 0 Å². The lowest BCUT2D eigenvalue weighted by Gasteiger charge is -2.11. The van der Waals surface area contributed by atoms with Crippen LogP contribution in [0.15, 0.2) is 36.4 Å². The van der Waals surface area contributed by atoms with E-state index in [1.165, 1.54) is 7.11 Å². The van der Waals surface area contributed by atoms with Gasteiger partial charge in [0.05, 0.1) is 12.7 Å². The van der Waals surface area contributed by atoms with E-state index in [1.807, 2.05) is 0 Å². The SMILES string of the molecule is COC(=O)c1cc(OCCN)cc(-c2cc(Cl)ccc2Cl)c1. The summed E-state index contributed by atoms with van der Waals surface area (Å²) in [4.78, 5) is 11.8. The number of rotatable bonds is 5. The van der Waals surface area contributed by atoms with Gasteiger partial charge in [-0.1, -0.05) is 23.2 Å². The second-order valence-electron chi connectivity index (χ2n) is 4.50. The zero-order valence-electron chi connectivity index (χ0n) is 11.9. The van der Waals surface area contributed by atoms with Crippen molar-refractivity contribution in [1.29, 1.82) is 0 Å². The molecule has 6 heteroatoms. The lowest BCUT2D eigenvalue weighted by Crippen LogP contribution is -2.11. The molecule has 116 valence electrons. The number of hydrogen-bond donors (Lipinski definition) is 1. The molecule has 0 amide bonds. The molecule has 0 aliphatic rings. The Morgan fingerprint density at radius 3 is 2.64 bits per heavy atom. The number of ether oxygens (including phenoxy) is 2. The fourth-order valence-electron chi connectivity index (χ4n) is 1.97. The van der Waals surface area contributed by atoms with E-state index in [9.17, 15) is 4.79 Å². The second kappa shape index (κ2) is 7.49. The van der Waals surface area contributed by atoms with Crippen LogP contribution in [0.5, 0.6) is 5.75 Å². The highest BCUT2D eigenvalue weighted by Crippen LogP contribution is 2.33. The first-order chi connectivity index (χ1) is 10.5. The van der Waals surface area contributed by atoms with Gasteiger partial charge < -0.3 is 15.2 Å². The van der Waals surface area contributed by atoms with Crippen LogP contribution in [0.3, 0.4) is 0 Å². The van der Waals surface area contributed by atoms with Gasteiger partial charge in [-0.3, -0.25) is 0 Å². The molecule has 2 aromatic carbocycles. The summed E-state index contributed by atoms with van der Waals surface area (Å²) in [5.74, 6) is 0.0528. The Bertz CT molecular complexity index is 689. The minimum Gasteiger partial charge on any atom is -0.492 e. The Kier molecular flexibility index (Phi) is 5.66.